The largest absolute Gasteiger partial charge is 0.484 e. The fourth-order valence-electron chi connectivity index (χ4n) is 3.49. The number of amides is 2. The van der Waals surface area contributed by atoms with Crippen LogP contribution >= 0.6 is 27.3 Å². The summed E-state index contributed by atoms with van der Waals surface area (Å²) >= 11 is 5.13. The third-order valence-corrected chi connectivity index (χ3v) is 6.62. The maximum absolute atomic E-state index is 13.1. The zero-order valence-corrected chi connectivity index (χ0v) is 18.9. The highest BCUT2D eigenvalue weighted by Crippen LogP contribution is 2.27. The number of anilines is 1. The molecule has 0 saturated heterocycles. The molecule has 30 heavy (non-hydrogen) atoms. The van der Waals surface area contributed by atoms with Crippen LogP contribution in [0.5, 0.6) is 5.75 Å². The number of carbonyl (C=O) groups excluding carboxylic acids is 2. The Kier molecular flexibility index (Phi) is 6.20. The second-order valence-electron chi connectivity index (χ2n) is 7.12. The quantitative estimate of drug-likeness (QED) is 0.551. The normalized spacial score (nSPS) is 12.9. The first-order valence-electron chi connectivity index (χ1n) is 9.63. The van der Waals surface area contributed by atoms with Gasteiger partial charge in [0, 0.05) is 33.7 Å². The molecular weight excluding hydrogens is 464 g/mol. The molecule has 0 bridgehead atoms. The Balaban J connectivity index is 1.42. The molecule has 0 radical (unpaired) electrons. The summed E-state index contributed by atoms with van der Waals surface area (Å²) in [5.74, 6) is 0.326. The van der Waals surface area contributed by atoms with Crippen LogP contribution in [0.2, 0.25) is 0 Å². The van der Waals surface area contributed by atoms with Crippen molar-refractivity contribution < 1.29 is 14.3 Å². The molecule has 2 aromatic carbocycles. The van der Waals surface area contributed by atoms with Crippen LogP contribution in [0, 0.1) is 6.92 Å². The minimum absolute atomic E-state index is 0.00849. The minimum atomic E-state index is -0.274. The average Bonchev–Trinajstić information content (AvgIpc) is 3.21. The Bertz CT molecular complexity index is 1100. The lowest BCUT2D eigenvalue weighted by atomic mass is 10.0. The van der Waals surface area contributed by atoms with Crippen molar-refractivity contribution in [3.8, 4) is 5.75 Å². The summed E-state index contributed by atoms with van der Waals surface area (Å²) in [4.78, 5) is 28.7. The number of hydrogen-bond acceptors (Lipinski definition) is 4. The molecule has 1 aromatic heterocycles. The van der Waals surface area contributed by atoms with Gasteiger partial charge >= 0.3 is 0 Å². The Morgan fingerprint density at radius 2 is 2.03 bits per heavy atom. The third-order valence-electron chi connectivity index (χ3n) is 5.10. The summed E-state index contributed by atoms with van der Waals surface area (Å²) in [5.41, 5.74) is 3.22. The van der Waals surface area contributed by atoms with Gasteiger partial charge < -0.3 is 15.0 Å². The summed E-state index contributed by atoms with van der Waals surface area (Å²) in [5, 5.41) is 4.94. The first-order chi connectivity index (χ1) is 14.5. The van der Waals surface area contributed by atoms with Gasteiger partial charge in [0.1, 0.15) is 5.75 Å². The number of thiophene rings is 1. The van der Waals surface area contributed by atoms with Crippen molar-refractivity contribution in [3.05, 3.63) is 80.0 Å². The molecule has 0 saturated carbocycles. The number of benzene rings is 2. The summed E-state index contributed by atoms with van der Waals surface area (Å²) in [6.07, 6.45) is 0.890. The number of ether oxygens (including phenoxy) is 1. The molecule has 0 spiro atoms. The standard InChI is InChI=1S/C23H21BrN2O3S/c1-15-19(23(28)26-10-8-21-16(13-26)9-11-30-21)6-3-7-20(15)25-22(27)14-29-18-5-2-4-17(24)12-18/h2-7,9,11-12H,8,10,13-14H2,1H3,(H,25,27). The van der Waals surface area contributed by atoms with Gasteiger partial charge in [0.15, 0.2) is 6.61 Å². The molecule has 2 amide bonds. The van der Waals surface area contributed by atoms with E-state index in [9.17, 15) is 9.59 Å². The second-order valence-corrected chi connectivity index (χ2v) is 9.03. The molecule has 0 fully saturated rings. The summed E-state index contributed by atoms with van der Waals surface area (Å²) in [6, 6.07) is 14.8. The third kappa shape index (κ3) is 4.57. The molecule has 5 nitrogen and oxygen atoms in total. The predicted molar refractivity (Wildman–Crippen MR) is 122 cm³/mol. The van der Waals surface area contributed by atoms with E-state index in [1.807, 2.05) is 30.0 Å². The Labute approximate surface area is 187 Å². The maximum atomic E-state index is 13.1. The number of hydrogen-bond donors (Lipinski definition) is 1. The Morgan fingerprint density at radius 3 is 2.87 bits per heavy atom. The highest BCUT2D eigenvalue weighted by Gasteiger charge is 2.24. The van der Waals surface area contributed by atoms with Gasteiger partial charge in [0.25, 0.3) is 11.8 Å². The van der Waals surface area contributed by atoms with Crippen molar-refractivity contribution in [1.29, 1.82) is 0 Å². The second kappa shape index (κ2) is 9.02. The number of halogens is 1. The van der Waals surface area contributed by atoms with Gasteiger partial charge in [-0.25, -0.2) is 0 Å². The Hall–Kier alpha value is -2.64. The summed E-state index contributed by atoms with van der Waals surface area (Å²) in [6.45, 7) is 3.09. The first kappa shape index (κ1) is 20.6. The number of carbonyl (C=O) groups is 2. The molecule has 0 aliphatic carbocycles. The lowest BCUT2D eigenvalue weighted by Gasteiger charge is -2.28. The fraction of sp³-hybridized carbons (Fsp3) is 0.217. The molecule has 2 heterocycles. The van der Waals surface area contributed by atoms with E-state index in [1.54, 1.807) is 35.6 Å². The topological polar surface area (TPSA) is 58.6 Å². The van der Waals surface area contributed by atoms with Crippen LogP contribution in [0.3, 0.4) is 0 Å². The zero-order chi connectivity index (χ0) is 21.1. The minimum Gasteiger partial charge on any atom is -0.484 e. The molecule has 4 rings (SSSR count). The van der Waals surface area contributed by atoms with E-state index >= 15 is 0 Å². The van der Waals surface area contributed by atoms with Crippen LogP contribution in [-0.4, -0.2) is 29.9 Å². The molecule has 1 aliphatic heterocycles. The van der Waals surface area contributed by atoms with Gasteiger partial charge in [0.2, 0.25) is 0 Å². The molecule has 0 atom stereocenters. The van der Waals surface area contributed by atoms with Crippen molar-refractivity contribution in [3.63, 3.8) is 0 Å². The smallest absolute Gasteiger partial charge is 0.262 e. The van der Waals surface area contributed by atoms with E-state index in [0.29, 0.717) is 30.1 Å². The maximum Gasteiger partial charge on any atom is 0.262 e. The van der Waals surface area contributed by atoms with Crippen molar-refractivity contribution in [1.82, 2.24) is 4.90 Å². The van der Waals surface area contributed by atoms with E-state index in [4.69, 9.17) is 4.74 Å². The SMILES string of the molecule is Cc1c(NC(=O)COc2cccc(Br)c2)cccc1C(=O)N1CCc2sccc2C1. The Morgan fingerprint density at radius 1 is 1.20 bits per heavy atom. The molecule has 0 unspecified atom stereocenters. The van der Waals surface area contributed by atoms with Gasteiger partial charge in [-0.05, 0) is 66.2 Å². The van der Waals surface area contributed by atoms with E-state index in [0.717, 1.165) is 16.5 Å². The van der Waals surface area contributed by atoms with Gasteiger partial charge in [0.05, 0.1) is 0 Å². The first-order valence-corrected chi connectivity index (χ1v) is 11.3. The molecule has 3 aromatic rings. The van der Waals surface area contributed by atoms with Crippen LogP contribution in [0.4, 0.5) is 5.69 Å². The highest BCUT2D eigenvalue weighted by molar-refractivity contribution is 9.10. The molecule has 154 valence electrons. The van der Waals surface area contributed by atoms with E-state index in [-0.39, 0.29) is 18.4 Å². The predicted octanol–water partition coefficient (Wildman–Crippen LogP) is 5.04. The van der Waals surface area contributed by atoms with Crippen LogP contribution in [0.15, 0.2) is 58.4 Å². The van der Waals surface area contributed by atoms with E-state index in [1.165, 1.54) is 10.4 Å². The number of fused-ring (bicyclic) bond motifs is 1. The zero-order valence-electron chi connectivity index (χ0n) is 16.5. The van der Waals surface area contributed by atoms with Crippen LogP contribution < -0.4 is 10.1 Å². The van der Waals surface area contributed by atoms with Gasteiger partial charge in [-0.2, -0.15) is 0 Å². The molecular formula is C23H21BrN2O3S. The van der Waals surface area contributed by atoms with Crippen molar-refractivity contribution in [2.45, 2.75) is 19.9 Å². The average molecular weight is 485 g/mol. The van der Waals surface area contributed by atoms with Crippen LogP contribution in [0.25, 0.3) is 0 Å². The summed E-state index contributed by atoms with van der Waals surface area (Å²) in [7, 11) is 0. The van der Waals surface area contributed by atoms with Crippen molar-refractivity contribution >= 4 is 44.8 Å². The lowest BCUT2D eigenvalue weighted by molar-refractivity contribution is -0.118. The number of nitrogens with zero attached hydrogens (tertiary/aromatic N) is 1. The lowest BCUT2D eigenvalue weighted by Crippen LogP contribution is -2.35. The highest BCUT2D eigenvalue weighted by atomic mass is 79.9. The molecule has 7 heteroatoms. The fourth-order valence-corrected chi connectivity index (χ4v) is 4.75. The van der Waals surface area contributed by atoms with Crippen LogP contribution in [-0.2, 0) is 17.8 Å². The summed E-state index contributed by atoms with van der Waals surface area (Å²) < 4.78 is 6.43. The van der Waals surface area contributed by atoms with Gasteiger partial charge in [-0.1, -0.05) is 28.1 Å². The van der Waals surface area contributed by atoms with Crippen LogP contribution in [0.1, 0.15) is 26.4 Å². The van der Waals surface area contributed by atoms with Gasteiger partial charge in [-0.3, -0.25) is 9.59 Å². The van der Waals surface area contributed by atoms with Gasteiger partial charge in [-0.15, -0.1) is 11.3 Å². The number of rotatable bonds is 5. The van der Waals surface area contributed by atoms with E-state index in [2.05, 4.69) is 32.7 Å². The van der Waals surface area contributed by atoms with Crippen molar-refractivity contribution in [2.75, 3.05) is 18.5 Å². The number of nitrogens with one attached hydrogen (secondary N) is 1. The van der Waals surface area contributed by atoms with Crippen molar-refractivity contribution in [2.24, 2.45) is 0 Å². The molecule has 1 N–H and O–H groups in total. The molecule has 1 aliphatic rings. The van der Waals surface area contributed by atoms with E-state index < -0.39 is 0 Å². The monoisotopic (exact) mass is 484 g/mol.